The van der Waals surface area contributed by atoms with Crippen molar-refractivity contribution >= 4 is 7.60 Å². The normalized spacial score (nSPS) is 12.5. The molecule has 8 nitrogen and oxygen atoms in total. The van der Waals surface area contributed by atoms with Crippen LogP contribution >= 0.6 is 7.60 Å². The minimum absolute atomic E-state index is 0.299. The first-order valence-electron chi connectivity index (χ1n) is 6.51. The van der Waals surface area contributed by atoms with E-state index in [1.807, 2.05) is 31.2 Å². The molecule has 1 unspecified atom stereocenters. The van der Waals surface area contributed by atoms with Gasteiger partial charge in [0.25, 0.3) is 0 Å². The van der Waals surface area contributed by atoms with E-state index in [0.29, 0.717) is 12.2 Å². The summed E-state index contributed by atoms with van der Waals surface area (Å²) < 4.78 is 11.0. The van der Waals surface area contributed by atoms with E-state index < -0.39 is 19.9 Å². The van der Waals surface area contributed by atoms with Gasteiger partial charge in [-0.15, -0.1) is 10.2 Å². The molecule has 0 radical (unpaired) electrons. The number of tetrazole rings is 1. The lowest BCUT2D eigenvalue weighted by Gasteiger charge is -2.12. The molecule has 1 atom stereocenters. The minimum atomic E-state index is -4.16. The number of benzene rings is 1. The number of aryl methyl sites for hydroxylation is 1. The summed E-state index contributed by atoms with van der Waals surface area (Å²) in [6.45, 7) is 2.00. The fourth-order valence-electron chi connectivity index (χ4n) is 1.69. The Balaban J connectivity index is 2.04. The van der Waals surface area contributed by atoms with E-state index in [4.69, 9.17) is 9.79 Å². The van der Waals surface area contributed by atoms with Gasteiger partial charge in [-0.2, -0.15) is 5.21 Å². The van der Waals surface area contributed by atoms with Crippen LogP contribution in [0.2, 0.25) is 0 Å². The predicted molar refractivity (Wildman–Crippen MR) is 79.6 cm³/mol. The van der Waals surface area contributed by atoms with Gasteiger partial charge in [0, 0.05) is 12.0 Å². The molecule has 4 N–H and O–H groups in total. The number of aromatic nitrogens is 4. The molecule has 0 aliphatic carbocycles. The minimum Gasteiger partial charge on any atom is -0.324 e. The van der Waals surface area contributed by atoms with E-state index >= 15 is 0 Å². The summed E-state index contributed by atoms with van der Waals surface area (Å²) in [6.07, 6.45) is -0.175. The zero-order chi connectivity index (χ0) is 16.0. The first kappa shape index (κ1) is 16.3. The van der Waals surface area contributed by atoms with E-state index in [9.17, 15) is 4.57 Å². The molecule has 0 aliphatic heterocycles. The van der Waals surface area contributed by atoms with Crippen molar-refractivity contribution in [2.45, 2.75) is 19.4 Å². The van der Waals surface area contributed by atoms with Crippen LogP contribution in [0.3, 0.4) is 0 Å². The maximum atomic E-state index is 11.0. The molecule has 2 rings (SSSR count). The molecular weight excluding hydrogens is 305 g/mol. The van der Waals surface area contributed by atoms with Gasteiger partial charge in [0.05, 0.1) is 12.3 Å². The Morgan fingerprint density at radius 2 is 2.09 bits per heavy atom. The maximum Gasteiger partial charge on any atom is 0.339 e. The molecule has 1 aromatic carbocycles. The molecule has 1 aromatic heterocycles. The molecule has 0 amide bonds. The quantitative estimate of drug-likeness (QED) is 0.472. The highest BCUT2D eigenvalue weighted by molar-refractivity contribution is 7.51. The second-order valence-electron chi connectivity index (χ2n) is 4.72. The van der Waals surface area contributed by atoms with Crippen LogP contribution in [-0.4, -0.2) is 36.7 Å². The lowest BCUT2D eigenvalue weighted by Crippen LogP contribution is -2.23. The fourth-order valence-corrected chi connectivity index (χ4v) is 2.15. The van der Waals surface area contributed by atoms with Crippen LogP contribution < -0.4 is 5.32 Å². The van der Waals surface area contributed by atoms with Crippen LogP contribution in [0.4, 0.5) is 0 Å². The van der Waals surface area contributed by atoms with Crippen molar-refractivity contribution in [3.05, 3.63) is 41.2 Å². The summed E-state index contributed by atoms with van der Waals surface area (Å²) in [5.41, 5.74) is 2.02. The third-order valence-electron chi connectivity index (χ3n) is 2.81. The number of hydrogen-bond donors (Lipinski definition) is 4. The van der Waals surface area contributed by atoms with Gasteiger partial charge < -0.3 is 9.79 Å². The lowest BCUT2D eigenvalue weighted by molar-refractivity contribution is 0.362. The Kier molecular flexibility index (Phi) is 5.41. The average molecular weight is 321 g/mol. The summed E-state index contributed by atoms with van der Waals surface area (Å²) in [7, 11) is -4.16. The molecular formula is C13H16N5O3P. The molecule has 0 bridgehead atoms. The van der Waals surface area contributed by atoms with Crippen LogP contribution in [0.25, 0.3) is 0 Å². The van der Waals surface area contributed by atoms with Gasteiger partial charge in [0.2, 0.25) is 0 Å². The van der Waals surface area contributed by atoms with Crippen molar-refractivity contribution in [3.8, 4) is 11.8 Å². The van der Waals surface area contributed by atoms with Crippen LogP contribution in [0.5, 0.6) is 0 Å². The second-order valence-corrected chi connectivity index (χ2v) is 6.37. The molecule has 0 saturated carbocycles. The SMILES string of the molecule is Cc1ccc(C#CCC(NCP(=O)(O)O)c2nn[nH]n2)cc1. The monoisotopic (exact) mass is 321 g/mol. The molecule has 0 spiro atoms. The van der Waals surface area contributed by atoms with Crippen LogP contribution in [0.15, 0.2) is 24.3 Å². The zero-order valence-electron chi connectivity index (χ0n) is 11.9. The summed E-state index contributed by atoms with van der Waals surface area (Å²) in [4.78, 5) is 17.9. The van der Waals surface area contributed by atoms with Crippen molar-refractivity contribution in [2.75, 3.05) is 6.29 Å². The third kappa shape index (κ3) is 5.39. The largest absolute Gasteiger partial charge is 0.339 e. The number of nitrogens with zero attached hydrogens (tertiary/aromatic N) is 3. The first-order valence-corrected chi connectivity index (χ1v) is 8.30. The summed E-state index contributed by atoms with van der Waals surface area (Å²) in [5.74, 6) is 6.26. The van der Waals surface area contributed by atoms with Crippen LogP contribution in [0, 0.1) is 18.8 Å². The Labute approximate surface area is 127 Å². The third-order valence-corrected chi connectivity index (χ3v) is 3.40. The van der Waals surface area contributed by atoms with Gasteiger partial charge in [0.1, 0.15) is 0 Å². The van der Waals surface area contributed by atoms with E-state index in [-0.39, 0.29) is 0 Å². The Morgan fingerprint density at radius 3 is 2.68 bits per heavy atom. The predicted octanol–water partition coefficient (Wildman–Crippen LogP) is 0.716. The highest BCUT2D eigenvalue weighted by atomic mass is 31.2. The van der Waals surface area contributed by atoms with Crippen molar-refractivity contribution in [1.29, 1.82) is 0 Å². The molecule has 22 heavy (non-hydrogen) atoms. The number of rotatable bonds is 5. The molecule has 0 saturated heterocycles. The Morgan fingerprint density at radius 1 is 1.36 bits per heavy atom. The van der Waals surface area contributed by atoms with Crippen molar-refractivity contribution < 1.29 is 14.4 Å². The van der Waals surface area contributed by atoms with E-state index in [1.54, 1.807) is 0 Å². The smallest absolute Gasteiger partial charge is 0.324 e. The molecule has 2 aromatic rings. The van der Waals surface area contributed by atoms with Gasteiger partial charge in [-0.1, -0.05) is 34.8 Å². The van der Waals surface area contributed by atoms with Crippen LogP contribution in [0.1, 0.15) is 29.4 Å². The van der Waals surface area contributed by atoms with E-state index in [1.165, 1.54) is 0 Å². The fraction of sp³-hybridized carbons (Fsp3) is 0.308. The Hall–Kier alpha value is -2.04. The Bertz CT molecular complexity index is 700. The van der Waals surface area contributed by atoms with Crippen molar-refractivity contribution in [3.63, 3.8) is 0 Å². The number of aromatic amines is 1. The topological polar surface area (TPSA) is 124 Å². The zero-order valence-corrected chi connectivity index (χ0v) is 12.8. The molecule has 9 heteroatoms. The van der Waals surface area contributed by atoms with Crippen LogP contribution in [-0.2, 0) is 4.57 Å². The lowest BCUT2D eigenvalue weighted by atomic mass is 10.1. The first-order chi connectivity index (χ1) is 10.4. The number of hydrogen-bond acceptors (Lipinski definition) is 5. The van der Waals surface area contributed by atoms with Gasteiger partial charge in [-0.25, -0.2) is 0 Å². The van der Waals surface area contributed by atoms with Gasteiger partial charge in [-0.05, 0) is 19.1 Å². The molecule has 116 valence electrons. The second kappa shape index (κ2) is 7.29. The van der Waals surface area contributed by atoms with Gasteiger partial charge >= 0.3 is 7.60 Å². The average Bonchev–Trinajstić information content (AvgIpc) is 2.97. The van der Waals surface area contributed by atoms with E-state index in [2.05, 4.69) is 37.8 Å². The molecule has 1 heterocycles. The summed E-state index contributed by atoms with van der Waals surface area (Å²) in [5, 5.41) is 16.1. The highest BCUT2D eigenvalue weighted by Gasteiger charge is 2.20. The maximum absolute atomic E-state index is 11.0. The van der Waals surface area contributed by atoms with E-state index in [0.717, 1.165) is 11.1 Å². The number of nitrogens with one attached hydrogen (secondary N) is 2. The molecule has 0 fully saturated rings. The standard InChI is InChI=1S/C13H16N5O3P/c1-10-5-7-11(8-6-10)3-2-4-12(13-15-17-18-16-13)14-9-22(19,20)21/h5-8,12,14H,4,9H2,1H3,(H2,19,20,21)(H,15,16,17,18). The van der Waals surface area contributed by atoms with Gasteiger partial charge in [-0.3, -0.25) is 9.88 Å². The number of H-pyrrole nitrogens is 1. The summed E-state index contributed by atoms with van der Waals surface area (Å²) in [6, 6.07) is 7.24. The van der Waals surface area contributed by atoms with Crippen molar-refractivity contribution in [1.82, 2.24) is 25.9 Å². The van der Waals surface area contributed by atoms with Crippen molar-refractivity contribution in [2.24, 2.45) is 0 Å². The highest BCUT2D eigenvalue weighted by Crippen LogP contribution is 2.33. The van der Waals surface area contributed by atoms with Gasteiger partial charge in [0.15, 0.2) is 5.82 Å². The summed E-state index contributed by atoms with van der Waals surface area (Å²) >= 11 is 0. The molecule has 0 aliphatic rings.